The standard InChI is InChI=1S/C19H20ClFN4O4S2/c1-13-2-4-15(21)11-17(13)31(28,29)25-8-6-24(7-9-25)12-19-22-16-5-3-14(20)10-18(16)30(26,27)23-19/h2-5,10-11H,6-9,12H2,1H3,(H,22,23). The van der Waals surface area contributed by atoms with Gasteiger partial charge in [0, 0.05) is 31.2 Å². The van der Waals surface area contributed by atoms with Crippen LogP contribution in [0.25, 0.3) is 0 Å². The second-order valence-electron chi connectivity index (χ2n) is 7.37. The highest BCUT2D eigenvalue weighted by atomic mass is 35.5. The van der Waals surface area contributed by atoms with Gasteiger partial charge in [-0.05, 0) is 42.8 Å². The number of sulfonamides is 2. The fourth-order valence-electron chi connectivity index (χ4n) is 3.58. The minimum absolute atomic E-state index is 0.0186. The van der Waals surface area contributed by atoms with Crippen LogP contribution in [0.4, 0.5) is 10.1 Å². The molecule has 1 fully saturated rings. The number of nitrogens with one attached hydrogen (secondary N) is 1. The van der Waals surface area contributed by atoms with E-state index in [9.17, 15) is 21.2 Å². The highest BCUT2D eigenvalue weighted by Crippen LogP contribution is 2.30. The molecule has 2 heterocycles. The molecule has 0 aromatic heterocycles. The van der Waals surface area contributed by atoms with E-state index in [2.05, 4.69) is 9.71 Å². The van der Waals surface area contributed by atoms with Gasteiger partial charge in [0.2, 0.25) is 10.0 Å². The summed E-state index contributed by atoms with van der Waals surface area (Å²) >= 11 is 5.89. The van der Waals surface area contributed by atoms with Gasteiger partial charge in [0.15, 0.2) is 0 Å². The first-order chi connectivity index (χ1) is 14.6. The third-order valence-electron chi connectivity index (χ3n) is 5.20. The second-order valence-corrected chi connectivity index (χ2v) is 11.3. The summed E-state index contributed by atoms with van der Waals surface area (Å²) in [7, 11) is -7.69. The lowest BCUT2D eigenvalue weighted by atomic mass is 10.2. The van der Waals surface area contributed by atoms with Crippen LogP contribution in [0.5, 0.6) is 0 Å². The minimum Gasteiger partial charge on any atom is -0.341 e. The fraction of sp³-hybridized carbons (Fsp3) is 0.316. The Kier molecular flexibility index (Phi) is 5.81. The molecule has 2 aliphatic heterocycles. The normalized spacial score (nSPS) is 19.4. The summed E-state index contributed by atoms with van der Waals surface area (Å²) in [4.78, 5) is 1.89. The van der Waals surface area contributed by atoms with Gasteiger partial charge < -0.3 is 5.32 Å². The van der Waals surface area contributed by atoms with Crippen molar-refractivity contribution in [3.05, 3.63) is 52.8 Å². The molecule has 1 saturated heterocycles. The molecule has 12 heteroatoms. The van der Waals surface area contributed by atoms with Crippen LogP contribution in [0.15, 0.2) is 50.6 Å². The van der Waals surface area contributed by atoms with Crippen LogP contribution in [0, 0.1) is 12.7 Å². The van der Waals surface area contributed by atoms with Crippen molar-refractivity contribution in [2.45, 2.75) is 16.7 Å². The Morgan fingerprint density at radius 3 is 2.55 bits per heavy atom. The van der Waals surface area contributed by atoms with Gasteiger partial charge in [-0.15, -0.1) is 4.40 Å². The van der Waals surface area contributed by atoms with Gasteiger partial charge in [-0.2, -0.15) is 12.7 Å². The predicted molar refractivity (Wildman–Crippen MR) is 116 cm³/mol. The molecule has 0 amide bonds. The Morgan fingerprint density at radius 2 is 1.84 bits per heavy atom. The first-order valence-corrected chi connectivity index (χ1v) is 12.7. The first-order valence-electron chi connectivity index (χ1n) is 9.45. The van der Waals surface area contributed by atoms with Crippen LogP contribution in [-0.2, 0) is 20.0 Å². The van der Waals surface area contributed by atoms with Gasteiger partial charge in [-0.25, -0.2) is 12.8 Å². The number of hydrogen-bond donors (Lipinski definition) is 1. The molecule has 0 unspecified atom stereocenters. The predicted octanol–water partition coefficient (Wildman–Crippen LogP) is 2.31. The number of aryl methyl sites for hydroxylation is 1. The number of piperazine rings is 1. The molecular weight excluding hydrogens is 467 g/mol. The van der Waals surface area contributed by atoms with Gasteiger partial charge in [-0.1, -0.05) is 17.7 Å². The van der Waals surface area contributed by atoms with Crippen LogP contribution < -0.4 is 5.32 Å². The molecule has 0 bridgehead atoms. The number of hydrogen-bond acceptors (Lipinski definition) is 6. The van der Waals surface area contributed by atoms with Gasteiger partial charge >= 0.3 is 0 Å². The van der Waals surface area contributed by atoms with Crippen molar-refractivity contribution in [3.8, 4) is 0 Å². The molecule has 4 rings (SSSR count). The van der Waals surface area contributed by atoms with E-state index < -0.39 is 25.9 Å². The quantitative estimate of drug-likeness (QED) is 0.712. The summed E-state index contributed by atoms with van der Waals surface area (Å²) in [6.07, 6.45) is 0. The van der Waals surface area contributed by atoms with Gasteiger partial charge in [0.1, 0.15) is 16.5 Å². The summed E-state index contributed by atoms with van der Waals surface area (Å²) in [5.74, 6) is -0.348. The van der Waals surface area contributed by atoms with Crippen LogP contribution in [-0.4, -0.2) is 64.6 Å². The zero-order valence-corrected chi connectivity index (χ0v) is 18.9. The van der Waals surface area contributed by atoms with Crippen molar-refractivity contribution in [1.29, 1.82) is 0 Å². The number of nitrogens with zero attached hydrogens (tertiary/aromatic N) is 3. The summed E-state index contributed by atoms with van der Waals surface area (Å²) in [5.41, 5.74) is 0.880. The molecule has 166 valence electrons. The molecule has 2 aromatic carbocycles. The molecule has 0 saturated carbocycles. The maximum atomic E-state index is 13.6. The Hall–Kier alpha value is -2.05. The Labute approximate surface area is 185 Å². The largest absolute Gasteiger partial charge is 0.341 e. The number of benzene rings is 2. The third kappa shape index (κ3) is 4.46. The van der Waals surface area contributed by atoms with Crippen molar-refractivity contribution in [1.82, 2.24) is 9.21 Å². The SMILES string of the molecule is Cc1ccc(F)cc1S(=O)(=O)N1CCN(CC2=NS(=O)(=O)c3cc(Cl)ccc3N2)CC1. The lowest BCUT2D eigenvalue weighted by molar-refractivity contribution is 0.209. The number of halogens is 2. The number of rotatable bonds is 4. The molecule has 0 aliphatic carbocycles. The topological polar surface area (TPSA) is 99.2 Å². The Balaban J connectivity index is 1.45. The van der Waals surface area contributed by atoms with Crippen LogP contribution >= 0.6 is 11.6 Å². The van der Waals surface area contributed by atoms with Crippen LogP contribution in [0.2, 0.25) is 5.02 Å². The first kappa shape index (κ1) is 22.2. The Morgan fingerprint density at radius 1 is 1.13 bits per heavy atom. The summed E-state index contributed by atoms with van der Waals surface area (Å²) in [6, 6.07) is 8.21. The lowest BCUT2D eigenvalue weighted by Gasteiger charge is -2.34. The molecule has 0 atom stereocenters. The maximum Gasteiger partial charge on any atom is 0.286 e. The molecule has 2 aromatic rings. The minimum atomic E-state index is -3.87. The highest BCUT2D eigenvalue weighted by Gasteiger charge is 2.31. The van der Waals surface area contributed by atoms with Crippen molar-refractivity contribution in [2.24, 2.45) is 4.40 Å². The van der Waals surface area contributed by atoms with E-state index in [-0.39, 0.29) is 35.3 Å². The molecule has 0 spiro atoms. The van der Waals surface area contributed by atoms with E-state index in [0.717, 1.165) is 6.07 Å². The van der Waals surface area contributed by atoms with E-state index in [1.165, 1.54) is 22.5 Å². The van der Waals surface area contributed by atoms with Gasteiger partial charge in [0.05, 0.1) is 17.1 Å². The van der Waals surface area contributed by atoms with Crippen molar-refractivity contribution < 1.29 is 21.2 Å². The molecule has 31 heavy (non-hydrogen) atoms. The Bertz CT molecular complexity index is 1270. The van der Waals surface area contributed by atoms with E-state index >= 15 is 0 Å². The smallest absolute Gasteiger partial charge is 0.286 e. The second kappa shape index (κ2) is 8.14. The third-order valence-corrected chi connectivity index (χ3v) is 8.83. The van der Waals surface area contributed by atoms with Gasteiger partial charge in [-0.3, -0.25) is 4.90 Å². The van der Waals surface area contributed by atoms with E-state index in [1.54, 1.807) is 19.1 Å². The molecule has 8 nitrogen and oxygen atoms in total. The van der Waals surface area contributed by atoms with E-state index in [1.807, 2.05) is 4.90 Å². The van der Waals surface area contributed by atoms with Crippen molar-refractivity contribution in [3.63, 3.8) is 0 Å². The molecule has 0 radical (unpaired) electrons. The molecule has 1 N–H and O–H groups in total. The molecular formula is C19H20ClFN4O4S2. The number of fused-ring (bicyclic) bond motifs is 1. The summed E-state index contributed by atoms with van der Waals surface area (Å²) in [6.45, 7) is 2.99. The van der Waals surface area contributed by atoms with Crippen molar-refractivity contribution >= 4 is 43.2 Å². The monoisotopic (exact) mass is 486 g/mol. The summed E-state index contributed by atoms with van der Waals surface area (Å²) < 4.78 is 69.5. The van der Waals surface area contributed by atoms with Crippen LogP contribution in [0.3, 0.4) is 0 Å². The lowest BCUT2D eigenvalue weighted by Crippen LogP contribution is -2.50. The zero-order valence-electron chi connectivity index (χ0n) is 16.5. The average molecular weight is 487 g/mol. The maximum absolute atomic E-state index is 13.6. The number of anilines is 1. The zero-order chi connectivity index (χ0) is 22.4. The summed E-state index contributed by atoms with van der Waals surface area (Å²) in [5, 5.41) is 3.30. The highest BCUT2D eigenvalue weighted by molar-refractivity contribution is 7.90. The van der Waals surface area contributed by atoms with Crippen LogP contribution in [0.1, 0.15) is 5.56 Å². The van der Waals surface area contributed by atoms with E-state index in [4.69, 9.17) is 11.6 Å². The van der Waals surface area contributed by atoms with Crippen molar-refractivity contribution in [2.75, 3.05) is 38.0 Å². The fourth-order valence-corrected chi connectivity index (χ4v) is 6.64. The average Bonchev–Trinajstić information content (AvgIpc) is 2.70. The van der Waals surface area contributed by atoms with E-state index in [0.29, 0.717) is 29.4 Å². The molecule has 2 aliphatic rings. The number of amidine groups is 1. The van der Waals surface area contributed by atoms with Gasteiger partial charge in [0.25, 0.3) is 10.0 Å².